The first-order valence-electron chi connectivity index (χ1n) is 4.39. The Morgan fingerprint density at radius 1 is 1.79 bits per heavy atom. The number of carbonyl (C=O) groups is 2. The van der Waals surface area contributed by atoms with E-state index in [9.17, 15) is 9.59 Å². The number of hydrogen-bond donors (Lipinski definition) is 2. The average molecular weight is 201 g/mol. The number of carbonyl (C=O) groups excluding carboxylic acids is 2. The topological polar surface area (TPSA) is 70.7 Å². The molecule has 1 heterocycles. The van der Waals surface area contributed by atoms with Crippen LogP contribution in [0.3, 0.4) is 0 Å². The zero-order valence-electron chi connectivity index (χ0n) is 8.53. The molecule has 0 radical (unpaired) electrons. The predicted molar refractivity (Wildman–Crippen MR) is 49.2 cm³/mol. The van der Waals surface area contributed by atoms with Gasteiger partial charge in [-0.2, -0.15) is 0 Å². The van der Waals surface area contributed by atoms with Crippen molar-refractivity contribution in [1.82, 2.24) is 15.8 Å². The van der Waals surface area contributed by atoms with Crippen molar-refractivity contribution in [2.24, 2.45) is 0 Å². The van der Waals surface area contributed by atoms with Gasteiger partial charge >= 0.3 is 0 Å². The van der Waals surface area contributed by atoms with Gasteiger partial charge in [0.05, 0.1) is 0 Å². The van der Waals surface area contributed by atoms with Gasteiger partial charge in [-0.3, -0.25) is 15.0 Å². The molecule has 0 bridgehead atoms. The minimum Gasteiger partial charge on any atom is -0.372 e. The minimum absolute atomic E-state index is 0.191. The summed E-state index contributed by atoms with van der Waals surface area (Å²) in [6, 6.07) is -0.481. The number of hydrazine groups is 1. The van der Waals surface area contributed by atoms with Gasteiger partial charge in [-0.15, -0.1) is 0 Å². The normalized spacial score (nSPS) is 24.5. The van der Waals surface area contributed by atoms with Gasteiger partial charge in [-0.25, -0.2) is 5.01 Å². The summed E-state index contributed by atoms with van der Waals surface area (Å²) < 4.78 is 4.83. The molecule has 0 aromatic heterocycles. The quantitative estimate of drug-likeness (QED) is 0.582. The lowest BCUT2D eigenvalue weighted by molar-refractivity contribution is -0.133. The van der Waals surface area contributed by atoms with Crippen molar-refractivity contribution >= 4 is 11.8 Å². The van der Waals surface area contributed by atoms with Crippen molar-refractivity contribution in [1.29, 1.82) is 0 Å². The maximum atomic E-state index is 11.3. The van der Waals surface area contributed by atoms with E-state index in [4.69, 9.17) is 4.74 Å². The van der Waals surface area contributed by atoms with E-state index >= 15 is 0 Å². The van der Waals surface area contributed by atoms with Gasteiger partial charge in [0.1, 0.15) is 12.1 Å². The third kappa shape index (κ3) is 2.43. The molecule has 2 unspecified atom stereocenters. The first-order valence-corrected chi connectivity index (χ1v) is 4.39. The summed E-state index contributed by atoms with van der Waals surface area (Å²) in [5, 5.41) is 4.22. The lowest BCUT2D eigenvalue weighted by atomic mass is 10.2. The van der Waals surface area contributed by atoms with Crippen LogP contribution in [-0.2, 0) is 14.3 Å². The molecular formula is C8H15N3O3. The molecule has 1 rings (SSSR count). The van der Waals surface area contributed by atoms with Crippen molar-refractivity contribution < 1.29 is 14.3 Å². The minimum atomic E-state index is -0.534. The van der Waals surface area contributed by atoms with Gasteiger partial charge in [0.2, 0.25) is 5.91 Å². The molecule has 6 nitrogen and oxygen atoms in total. The van der Waals surface area contributed by atoms with Crippen LogP contribution in [0.5, 0.6) is 0 Å². The zero-order valence-corrected chi connectivity index (χ0v) is 8.53. The molecule has 0 spiro atoms. The second kappa shape index (κ2) is 4.39. The number of methoxy groups -OCH3 is 1. The van der Waals surface area contributed by atoms with E-state index in [1.54, 1.807) is 19.0 Å². The standard InChI is InChI=1S/C8H15N3O3/c1-5(14-3)7(12)9-6-4-11(2)10-8(6)13/h5-6H,4H2,1-3H3,(H,9,12)(H,10,13). The first kappa shape index (κ1) is 10.9. The van der Waals surface area contributed by atoms with Crippen molar-refractivity contribution in [2.45, 2.75) is 19.1 Å². The zero-order chi connectivity index (χ0) is 10.7. The van der Waals surface area contributed by atoms with Gasteiger partial charge in [0.25, 0.3) is 5.91 Å². The maximum absolute atomic E-state index is 11.3. The molecule has 1 aliphatic heterocycles. The highest BCUT2D eigenvalue weighted by molar-refractivity contribution is 5.90. The van der Waals surface area contributed by atoms with E-state index in [2.05, 4.69) is 10.7 Å². The monoisotopic (exact) mass is 201 g/mol. The Morgan fingerprint density at radius 3 is 2.86 bits per heavy atom. The van der Waals surface area contributed by atoms with E-state index in [0.717, 1.165) is 0 Å². The Morgan fingerprint density at radius 2 is 2.43 bits per heavy atom. The van der Waals surface area contributed by atoms with E-state index in [-0.39, 0.29) is 11.8 Å². The summed E-state index contributed by atoms with van der Waals surface area (Å²) in [5.74, 6) is -0.466. The number of ether oxygens (including phenoxy) is 1. The summed E-state index contributed by atoms with van der Waals surface area (Å²) in [6.07, 6.45) is -0.534. The lowest BCUT2D eigenvalue weighted by Crippen LogP contribution is -2.45. The van der Waals surface area contributed by atoms with Gasteiger partial charge in [-0.05, 0) is 6.92 Å². The van der Waals surface area contributed by atoms with Crippen molar-refractivity contribution in [3.8, 4) is 0 Å². The lowest BCUT2D eigenvalue weighted by Gasteiger charge is -2.13. The Balaban J connectivity index is 2.45. The van der Waals surface area contributed by atoms with Gasteiger partial charge < -0.3 is 10.1 Å². The fourth-order valence-electron chi connectivity index (χ4n) is 1.18. The summed E-state index contributed by atoms with van der Waals surface area (Å²) >= 11 is 0. The SMILES string of the molecule is COC(C)C(=O)NC1CN(C)NC1=O. The van der Waals surface area contributed by atoms with Crippen LogP contribution in [0, 0.1) is 0 Å². The Kier molecular flexibility index (Phi) is 3.43. The Hall–Kier alpha value is -1.14. The van der Waals surface area contributed by atoms with Crippen molar-refractivity contribution in [3.05, 3.63) is 0 Å². The van der Waals surface area contributed by atoms with Crippen LogP contribution in [0.1, 0.15) is 6.92 Å². The molecule has 0 aromatic rings. The largest absolute Gasteiger partial charge is 0.372 e. The summed E-state index contributed by atoms with van der Waals surface area (Å²) in [7, 11) is 3.19. The molecule has 6 heteroatoms. The van der Waals surface area contributed by atoms with Gasteiger partial charge in [0, 0.05) is 20.7 Å². The Bertz CT molecular complexity index is 244. The molecule has 2 atom stereocenters. The van der Waals surface area contributed by atoms with E-state index in [1.807, 2.05) is 0 Å². The highest BCUT2D eigenvalue weighted by Gasteiger charge is 2.30. The number of amides is 2. The van der Waals surface area contributed by atoms with Gasteiger partial charge in [0.15, 0.2) is 0 Å². The number of nitrogens with zero attached hydrogens (tertiary/aromatic N) is 1. The fourth-order valence-corrected chi connectivity index (χ4v) is 1.18. The highest BCUT2D eigenvalue weighted by atomic mass is 16.5. The highest BCUT2D eigenvalue weighted by Crippen LogP contribution is 1.98. The molecule has 1 saturated heterocycles. The third-order valence-corrected chi connectivity index (χ3v) is 2.11. The van der Waals surface area contributed by atoms with Crippen LogP contribution in [0.25, 0.3) is 0 Å². The van der Waals surface area contributed by atoms with Crippen molar-refractivity contribution in [2.75, 3.05) is 20.7 Å². The first-order chi connectivity index (χ1) is 6.54. The van der Waals surface area contributed by atoms with Crippen LogP contribution in [-0.4, -0.2) is 49.7 Å². The molecule has 1 fully saturated rings. The number of rotatable bonds is 3. The number of hydrogen-bond acceptors (Lipinski definition) is 4. The average Bonchev–Trinajstić information content (AvgIpc) is 2.44. The summed E-state index contributed by atoms with van der Waals surface area (Å²) in [5.41, 5.74) is 2.57. The molecule has 80 valence electrons. The smallest absolute Gasteiger partial charge is 0.258 e. The van der Waals surface area contributed by atoms with Crippen LogP contribution < -0.4 is 10.7 Å². The molecule has 2 N–H and O–H groups in total. The predicted octanol–water partition coefficient (Wildman–Crippen LogP) is -1.52. The molecule has 0 saturated carbocycles. The van der Waals surface area contributed by atoms with Crippen molar-refractivity contribution in [3.63, 3.8) is 0 Å². The maximum Gasteiger partial charge on any atom is 0.258 e. The fraction of sp³-hybridized carbons (Fsp3) is 0.750. The van der Waals surface area contributed by atoms with E-state index in [1.165, 1.54) is 7.11 Å². The summed E-state index contributed by atoms with van der Waals surface area (Å²) in [4.78, 5) is 22.6. The van der Waals surface area contributed by atoms with Crippen LogP contribution in [0.2, 0.25) is 0 Å². The Labute approximate surface area is 82.6 Å². The molecule has 1 aliphatic rings. The van der Waals surface area contributed by atoms with Gasteiger partial charge in [-0.1, -0.05) is 0 Å². The van der Waals surface area contributed by atoms with Crippen LogP contribution in [0.15, 0.2) is 0 Å². The van der Waals surface area contributed by atoms with E-state index < -0.39 is 12.1 Å². The van der Waals surface area contributed by atoms with Crippen LogP contribution >= 0.6 is 0 Å². The van der Waals surface area contributed by atoms with E-state index in [0.29, 0.717) is 6.54 Å². The second-order valence-corrected chi connectivity index (χ2v) is 3.30. The molecular weight excluding hydrogens is 186 g/mol. The third-order valence-electron chi connectivity index (χ3n) is 2.11. The second-order valence-electron chi connectivity index (χ2n) is 3.30. The molecule has 0 aromatic carbocycles. The summed E-state index contributed by atoms with van der Waals surface area (Å²) in [6.45, 7) is 2.10. The molecule has 2 amide bonds. The molecule has 14 heavy (non-hydrogen) atoms. The number of nitrogens with one attached hydrogen (secondary N) is 2. The van der Waals surface area contributed by atoms with Crippen LogP contribution in [0.4, 0.5) is 0 Å². The number of likely N-dealkylation sites (N-methyl/N-ethyl adjacent to an activating group) is 1. The molecule has 0 aliphatic carbocycles.